The summed E-state index contributed by atoms with van der Waals surface area (Å²) in [6.45, 7) is 4.98. The molecule has 2 fully saturated rings. The van der Waals surface area contributed by atoms with Gasteiger partial charge in [-0.15, -0.1) is 0 Å². The molecule has 0 N–H and O–H groups in total. The molecule has 2 aliphatic rings. The van der Waals surface area contributed by atoms with Gasteiger partial charge in [0, 0.05) is 17.4 Å². The first-order valence-electron chi connectivity index (χ1n) is 10.6. The number of hydrogen-bond acceptors (Lipinski definition) is 4. The lowest BCUT2D eigenvalue weighted by Crippen LogP contribution is -2.32. The molecule has 2 aliphatic heterocycles. The lowest BCUT2D eigenvalue weighted by atomic mass is 10.0. The molecule has 1 aromatic rings. The number of ether oxygens (including phenoxy) is 4. The van der Waals surface area contributed by atoms with Gasteiger partial charge in [-0.25, -0.2) is 8.78 Å². The number of hydrogen-bond donors (Lipinski definition) is 0. The second-order valence-corrected chi connectivity index (χ2v) is 7.93. The quantitative estimate of drug-likeness (QED) is 0.524. The molecule has 0 saturated carbocycles. The van der Waals surface area contributed by atoms with Gasteiger partial charge in [0.1, 0.15) is 0 Å². The third-order valence-electron chi connectivity index (χ3n) is 5.49. The van der Waals surface area contributed by atoms with Crippen LogP contribution in [0.4, 0.5) is 8.78 Å². The Kier molecular flexibility index (Phi) is 8.65. The molecule has 0 unspecified atom stereocenters. The highest BCUT2D eigenvalue weighted by Gasteiger charge is 2.25. The van der Waals surface area contributed by atoms with Gasteiger partial charge in [-0.2, -0.15) is 0 Å². The highest BCUT2D eigenvalue weighted by Crippen LogP contribution is 2.28. The molecule has 4 nitrogen and oxygen atoms in total. The van der Waals surface area contributed by atoms with E-state index in [-0.39, 0.29) is 6.29 Å². The van der Waals surface area contributed by atoms with Crippen molar-refractivity contribution in [2.45, 2.75) is 64.4 Å². The molecule has 0 bridgehead atoms. The van der Waals surface area contributed by atoms with Gasteiger partial charge < -0.3 is 18.9 Å². The average Bonchev–Trinajstić information content (AvgIpc) is 2.73. The summed E-state index contributed by atoms with van der Waals surface area (Å²) in [6.07, 6.45) is 7.02. The van der Waals surface area contributed by atoms with Crippen LogP contribution in [0, 0.1) is 23.5 Å². The second kappa shape index (κ2) is 11.2. The molecule has 0 aliphatic carbocycles. The van der Waals surface area contributed by atoms with Crippen LogP contribution in [-0.2, 0) is 18.9 Å². The fourth-order valence-electron chi connectivity index (χ4n) is 3.71. The molecule has 6 heteroatoms. The van der Waals surface area contributed by atoms with Gasteiger partial charge in [0.15, 0.2) is 24.2 Å². The van der Waals surface area contributed by atoms with Crippen LogP contribution in [-0.4, -0.2) is 32.7 Å². The van der Waals surface area contributed by atoms with Crippen molar-refractivity contribution in [3.05, 3.63) is 35.4 Å². The highest BCUT2D eigenvalue weighted by atomic mass is 19.2. The predicted molar refractivity (Wildman–Crippen MR) is 102 cm³/mol. The Balaban J connectivity index is 1.26. The SMILES string of the molecule is CCCCC1COC(CCCCC2COC(c3ccc(F)c(F)c3)OC2)OC1. The van der Waals surface area contributed by atoms with Crippen LogP contribution in [0.25, 0.3) is 0 Å². The fraction of sp³-hybridized carbons (Fsp3) is 0.727. The van der Waals surface area contributed by atoms with Gasteiger partial charge in [-0.05, 0) is 37.8 Å². The first-order chi connectivity index (χ1) is 13.7. The van der Waals surface area contributed by atoms with Crippen molar-refractivity contribution in [1.82, 2.24) is 0 Å². The van der Waals surface area contributed by atoms with E-state index in [0.29, 0.717) is 30.6 Å². The van der Waals surface area contributed by atoms with Crippen LogP contribution < -0.4 is 0 Å². The normalized spacial score (nSPS) is 28.4. The molecule has 0 aromatic heterocycles. The average molecular weight is 398 g/mol. The van der Waals surface area contributed by atoms with Crippen LogP contribution in [0.3, 0.4) is 0 Å². The molecule has 2 saturated heterocycles. The summed E-state index contributed by atoms with van der Waals surface area (Å²) in [5, 5.41) is 0. The standard InChI is InChI=1S/C22H32F2O4/c1-2-3-6-16-12-25-21(26-13-16)8-5-4-7-17-14-27-22(28-15-17)18-9-10-19(23)20(24)11-18/h9-11,16-17,21-22H,2-8,12-15H2,1H3. The molecule has 0 atom stereocenters. The van der Waals surface area contributed by atoms with Crippen molar-refractivity contribution in [1.29, 1.82) is 0 Å². The van der Waals surface area contributed by atoms with Crippen molar-refractivity contribution in [2.75, 3.05) is 26.4 Å². The smallest absolute Gasteiger partial charge is 0.183 e. The van der Waals surface area contributed by atoms with Gasteiger partial charge in [-0.1, -0.05) is 32.3 Å². The Morgan fingerprint density at radius 1 is 0.786 bits per heavy atom. The van der Waals surface area contributed by atoms with Crippen LogP contribution in [0.15, 0.2) is 18.2 Å². The molecule has 3 rings (SSSR count). The minimum atomic E-state index is -0.879. The maximum atomic E-state index is 13.3. The van der Waals surface area contributed by atoms with E-state index in [9.17, 15) is 8.78 Å². The van der Waals surface area contributed by atoms with Crippen LogP contribution in [0.2, 0.25) is 0 Å². The maximum Gasteiger partial charge on any atom is 0.183 e. The second-order valence-electron chi connectivity index (χ2n) is 7.93. The van der Waals surface area contributed by atoms with E-state index in [4.69, 9.17) is 18.9 Å². The fourth-order valence-corrected chi connectivity index (χ4v) is 3.71. The largest absolute Gasteiger partial charge is 0.352 e. The summed E-state index contributed by atoms with van der Waals surface area (Å²) in [6, 6.07) is 3.74. The van der Waals surface area contributed by atoms with Crippen molar-refractivity contribution < 1.29 is 27.7 Å². The number of benzene rings is 1. The molecular weight excluding hydrogens is 366 g/mol. The molecule has 0 radical (unpaired) electrons. The zero-order chi connectivity index (χ0) is 19.8. The van der Waals surface area contributed by atoms with Crippen LogP contribution in [0.1, 0.15) is 63.7 Å². The number of halogens is 2. The molecule has 1 aromatic carbocycles. The topological polar surface area (TPSA) is 36.9 Å². The zero-order valence-corrected chi connectivity index (χ0v) is 16.7. The summed E-state index contributed by atoms with van der Waals surface area (Å²) in [5.41, 5.74) is 0.515. The first kappa shape index (κ1) is 21.6. The monoisotopic (exact) mass is 398 g/mol. The van der Waals surface area contributed by atoms with E-state index < -0.39 is 17.9 Å². The summed E-state index contributed by atoms with van der Waals surface area (Å²) in [5.74, 6) is -0.862. The molecule has 2 heterocycles. The number of rotatable bonds is 9. The van der Waals surface area contributed by atoms with Gasteiger partial charge in [0.2, 0.25) is 0 Å². The molecular formula is C22H32F2O4. The van der Waals surface area contributed by atoms with E-state index in [1.54, 1.807) is 0 Å². The Morgan fingerprint density at radius 3 is 2.04 bits per heavy atom. The molecule has 28 heavy (non-hydrogen) atoms. The van der Waals surface area contributed by atoms with Gasteiger partial charge in [0.25, 0.3) is 0 Å². The van der Waals surface area contributed by atoms with Crippen LogP contribution >= 0.6 is 0 Å². The third kappa shape index (κ3) is 6.48. The Morgan fingerprint density at radius 2 is 1.39 bits per heavy atom. The summed E-state index contributed by atoms with van der Waals surface area (Å²) in [7, 11) is 0. The third-order valence-corrected chi connectivity index (χ3v) is 5.49. The molecule has 0 spiro atoms. The van der Waals surface area contributed by atoms with Crippen molar-refractivity contribution in [2.24, 2.45) is 11.8 Å². The van der Waals surface area contributed by atoms with Crippen LogP contribution in [0.5, 0.6) is 0 Å². The lowest BCUT2D eigenvalue weighted by molar-refractivity contribution is -0.208. The summed E-state index contributed by atoms with van der Waals surface area (Å²) in [4.78, 5) is 0. The minimum absolute atomic E-state index is 0.0607. The number of unbranched alkanes of at least 4 members (excludes halogenated alkanes) is 2. The first-order valence-corrected chi connectivity index (χ1v) is 10.6. The summed E-state index contributed by atoms with van der Waals surface area (Å²) >= 11 is 0. The van der Waals surface area contributed by atoms with E-state index in [1.165, 1.54) is 25.3 Å². The minimum Gasteiger partial charge on any atom is -0.352 e. The molecule has 158 valence electrons. The summed E-state index contributed by atoms with van der Waals surface area (Å²) < 4.78 is 49.4. The van der Waals surface area contributed by atoms with E-state index in [0.717, 1.165) is 51.0 Å². The highest BCUT2D eigenvalue weighted by molar-refractivity contribution is 5.19. The Labute approximate surface area is 166 Å². The van der Waals surface area contributed by atoms with E-state index >= 15 is 0 Å². The van der Waals surface area contributed by atoms with E-state index in [1.807, 2.05) is 0 Å². The van der Waals surface area contributed by atoms with Gasteiger partial charge in [0.05, 0.1) is 26.4 Å². The van der Waals surface area contributed by atoms with Gasteiger partial charge >= 0.3 is 0 Å². The Hall–Kier alpha value is -1.08. The predicted octanol–water partition coefficient (Wildman–Crippen LogP) is 5.37. The lowest BCUT2D eigenvalue weighted by Gasteiger charge is -2.30. The van der Waals surface area contributed by atoms with Gasteiger partial charge in [-0.3, -0.25) is 0 Å². The van der Waals surface area contributed by atoms with Crippen molar-refractivity contribution >= 4 is 0 Å². The van der Waals surface area contributed by atoms with Crippen molar-refractivity contribution in [3.8, 4) is 0 Å². The zero-order valence-electron chi connectivity index (χ0n) is 16.7. The van der Waals surface area contributed by atoms with Crippen molar-refractivity contribution in [3.63, 3.8) is 0 Å². The maximum absolute atomic E-state index is 13.3. The Bertz CT molecular complexity index is 582. The molecule has 0 amide bonds. The van der Waals surface area contributed by atoms with E-state index in [2.05, 4.69) is 6.92 Å².